The van der Waals surface area contributed by atoms with Crippen molar-refractivity contribution >= 4 is 0 Å². The summed E-state index contributed by atoms with van der Waals surface area (Å²) >= 11 is 0. The summed E-state index contributed by atoms with van der Waals surface area (Å²) in [5, 5.41) is 3.42. The molecule has 0 bridgehead atoms. The van der Waals surface area contributed by atoms with E-state index in [9.17, 15) is 0 Å². The number of hydrogen-bond acceptors (Lipinski definition) is 2. The Bertz CT molecular complexity index is 91.1. The van der Waals surface area contributed by atoms with Crippen LogP contribution in [0.4, 0.5) is 0 Å². The molecule has 0 aromatic heterocycles. The molecule has 2 fully saturated rings. The third kappa shape index (κ3) is 0.970. The third-order valence-electron chi connectivity index (χ3n) is 2.16. The molecule has 2 rings (SSSR count). The van der Waals surface area contributed by atoms with Crippen LogP contribution in [-0.2, 0) is 0 Å². The van der Waals surface area contributed by atoms with Crippen LogP contribution in [0.25, 0.3) is 0 Å². The van der Waals surface area contributed by atoms with Gasteiger partial charge in [-0.15, -0.1) is 0 Å². The fraction of sp³-hybridized carbons (Fsp3) is 0.857. The standard InChI is InChI=1S/C7H13N2/c1-3-7-8-4-2-6-9(7)5-1/h8H,1-6H2. The SMILES string of the molecule is C1CN[C]2CCCN2C1. The first-order chi connectivity index (χ1) is 4.47. The Morgan fingerprint density at radius 2 is 2.11 bits per heavy atom. The summed E-state index contributed by atoms with van der Waals surface area (Å²) in [6.07, 6.45) is 5.48. The van der Waals surface area contributed by atoms with E-state index in [1.54, 1.807) is 0 Å². The van der Waals surface area contributed by atoms with Gasteiger partial charge in [0.1, 0.15) is 6.17 Å². The zero-order valence-corrected chi connectivity index (χ0v) is 5.69. The highest BCUT2D eigenvalue weighted by atomic mass is 15.3. The fourth-order valence-electron chi connectivity index (χ4n) is 1.68. The summed E-state index contributed by atoms with van der Waals surface area (Å²) in [4.78, 5) is 2.48. The molecule has 2 nitrogen and oxygen atoms in total. The maximum atomic E-state index is 3.42. The van der Waals surface area contributed by atoms with Crippen molar-refractivity contribution in [2.45, 2.75) is 19.3 Å². The number of fused-ring (bicyclic) bond motifs is 1. The van der Waals surface area contributed by atoms with Gasteiger partial charge in [0, 0.05) is 13.1 Å². The van der Waals surface area contributed by atoms with Crippen molar-refractivity contribution in [2.24, 2.45) is 0 Å². The molecule has 9 heavy (non-hydrogen) atoms. The predicted octanol–water partition coefficient (Wildman–Crippen LogP) is 0.565. The Morgan fingerprint density at radius 3 is 3.00 bits per heavy atom. The highest BCUT2D eigenvalue weighted by Crippen LogP contribution is 2.23. The van der Waals surface area contributed by atoms with Gasteiger partial charge in [0.2, 0.25) is 0 Å². The molecule has 0 saturated carbocycles. The van der Waals surface area contributed by atoms with Gasteiger partial charge in [-0.2, -0.15) is 0 Å². The number of rotatable bonds is 0. The summed E-state index contributed by atoms with van der Waals surface area (Å²) in [6.45, 7) is 3.79. The summed E-state index contributed by atoms with van der Waals surface area (Å²) < 4.78 is 0. The number of nitrogens with zero attached hydrogens (tertiary/aromatic N) is 1. The molecule has 0 amide bonds. The first-order valence-corrected chi connectivity index (χ1v) is 3.81. The van der Waals surface area contributed by atoms with E-state index in [0.29, 0.717) is 0 Å². The van der Waals surface area contributed by atoms with Gasteiger partial charge in [-0.05, 0) is 25.8 Å². The van der Waals surface area contributed by atoms with Gasteiger partial charge >= 0.3 is 0 Å². The lowest BCUT2D eigenvalue weighted by molar-refractivity contribution is 0.262. The Balaban J connectivity index is 1.97. The largest absolute Gasteiger partial charge is 0.296 e. The van der Waals surface area contributed by atoms with E-state index >= 15 is 0 Å². The minimum atomic E-state index is 1.20. The molecule has 0 aromatic rings. The first-order valence-electron chi connectivity index (χ1n) is 3.81. The van der Waals surface area contributed by atoms with E-state index in [1.807, 2.05) is 0 Å². The molecule has 1 N–H and O–H groups in total. The molecule has 0 aliphatic carbocycles. The fourth-order valence-corrected chi connectivity index (χ4v) is 1.68. The van der Waals surface area contributed by atoms with Crippen molar-refractivity contribution in [3.63, 3.8) is 0 Å². The van der Waals surface area contributed by atoms with Crippen LogP contribution in [0.15, 0.2) is 0 Å². The third-order valence-corrected chi connectivity index (χ3v) is 2.16. The lowest BCUT2D eigenvalue weighted by Crippen LogP contribution is -2.40. The highest BCUT2D eigenvalue weighted by molar-refractivity contribution is 4.95. The van der Waals surface area contributed by atoms with E-state index < -0.39 is 0 Å². The van der Waals surface area contributed by atoms with Crippen LogP contribution >= 0.6 is 0 Å². The summed E-state index contributed by atoms with van der Waals surface area (Å²) in [6, 6.07) is 0. The monoisotopic (exact) mass is 125 g/mol. The van der Waals surface area contributed by atoms with Crippen LogP contribution < -0.4 is 5.32 Å². The van der Waals surface area contributed by atoms with Crippen LogP contribution in [-0.4, -0.2) is 24.5 Å². The van der Waals surface area contributed by atoms with Gasteiger partial charge in [-0.25, -0.2) is 0 Å². The van der Waals surface area contributed by atoms with Crippen LogP contribution in [0.3, 0.4) is 0 Å². The molecule has 2 aliphatic heterocycles. The second kappa shape index (κ2) is 2.27. The van der Waals surface area contributed by atoms with E-state index in [1.165, 1.54) is 45.1 Å². The van der Waals surface area contributed by atoms with Gasteiger partial charge in [0.15, 0.2) is 0 Å². The topological polar surface area (TPSA) is 15.3 Å². The Kier molecular flexibility index (Phi) is 1.44. The summed E-state index contributed by atoms with van der Waals surface area (Å²) in [5.74, 6) is 0. The quantitative estimate of drug-likeness (QED) is 0.509. The highest BCUT2D eigenvalue weighted by Gasteiger charge is 2.26. The zero-order chi connectivity index (χ0) is 6.10. The van der Waals surface area contributed by atoms with E-state index in [4.69, 9.17) is 0 Å². The predicted molar refractivity (Wildman–Crippen MR) is 36.7 cm³/mol. The van der Waals surface area contributed by atoms with Crippen molar-refractivity contribution in [2.75, 3.05) is 19.6 Å². The van der Waals surface area contributed by atoms with E-state index in [2.05, 4.69) is 10.2 Å². The number of hydrogen-bond donors (Lipinski definition) is 1. The molecule has 1 radical (unpaired) electrons. The molecule has 2 saturated heterocycles. The minimum absolute atomic E-state index is 1.20. The van der Waals surface area contributed by atoms with Gasteiger partial charge in [-0.1, -0.05) is 0 Å². The normalized spacial score (nSPS) is 30.7. The average Bonchev–Trinajstić information content (AvgIpc) is 2.33. The molecule has 51 valence electrons. The minimum Gasteiger partial charge on any atom is -0.296 e. The molecule has 0 aromatic carbocycles. The van der Waals surface area contributed by atoms with Crippen LogP contribution in [0.2, 0.25) is 0 Å². The molecule has 0 unspecified atom stereocenters. The Morgan fingerprint density at radius 1 is 1.22 bits per heavy atom. The molecule has 0 atom stereocenters. The van der Waals surface area contributed by atoms with Crippen molar-refractivity contribution in [1.29, 1.82) is 0 Å². The van der Waals surface area contributed by atoms with E-state index in [-0.39, 0.29) is 0 Å². The average molecular weight is 125 g/mol. The number of nitrogens with one attached hydrogen (secondary N) is 1. The van der Waals surface area contributed by atoms with Crippen molar-refractivity contribution < 1.29 is 0 Å². The maximum Gasteiger partial charge on any atom is 0.104 e. The Hall–Kier alpha value is -0.0800. The molecular formula is C7H13N2. The second-order valence-electron chi connectivity index (χ2n) is 2.82. The lowest BCUT2D eigenvalue weighted by atomic mass is 10.2. The van der Waals surface area contributed by atoms with Crippen LogP contribution in [0, 0.1) is 6.17 Å². The molecule has 0 spiro atoms. The lowest BCUT2D eigenvalue weighted by Gasteiger charge is -2.28. The van der Waals surface area contributed by atoms with Gasteiger partial charge in [0.25, 0.3) is 0 Å². The first kappa shape index (κ1) is 5.69. The van der Waals surface area contributed by atoms with Crippen molar-refractivity contribution in [3.8, 4) is 0 Å². The smallest absolute Gasteiger partial charge is 0.104 e. The second-order valence-corrected chi connectivity index (χ2v) is 2.82. The summed E-state index contributed by atoms with van der Waals surface area (Å²) in [5.41, 5.74) is 0. The Labute approximate surface area is 56.2 Å². The van der Waals surface area contributed by atoms with Crippen molar-refractivity contribution in [3.05, 3.63) is 6.17 Å². The van der Waals surface area contributed by atoms with Crippen LogP contribution in [0.5, 0.6) is 0 Å². The van der Waals surface area contributed by atoms with Crippen molar-refractivity contribution in [1.82, 2.24) is 10.2 Å². The van der Waals surface area contributed by atoms with Gasteiger partial charge in [0.05, 0.1) is 0 Å². The zero-order valence-electron chi connectivity index (χ0n) is 5.69. The molecule has 2 heterocycles. The molecular weight excluding hydrogens is 112 g/mol. The van der Waals surface area contributed by atoms with E-state index in [0.717, 1.165) is 0 Å². The van der Waals surface area contributed by atoms with Gasteiger partial charge in [-0.3, -0.25) is 10.2 Å². The molecule has 2 aliphatic rings. The maximum absolute atomic E-state index is 3.42. The molecule has 2 heteroatoms. The van der Waals surface area contributed by atoms with Gasteiger partial charge < -0.3 is 0 Å². The summed E-state index contributed by atoms with van der Waals surface area (Å²) in [7, 11) is 0. The van der Waals surface area contributed by atoms with Crippen LogP contribution in [0.1, 0.15) is 19.3 Å².